The number of halogens is 1. The van der Waals surface area contributed by atoms with Crippen LogP contribution in [0.5, 0.6) is 0 Å². The molecule has 0 unspecified atom stereocenters. The van der Waals surface area contributed by atoms with E-state index in [4.69, 9.17) is 6.57 Å². The van der Waals surface area contributed by atoms with Crippen LogP contribution < -0.4 is 10.0 Å². The maximum absolute atomic E-state index is 11.4. The van der Waals surface area contributed by atoms with E-state index in [-0.39, 0.29) is 0 Å². The first-order valence-corrected chi connectivity index (χ1v) is 8.87. The minimum Gasteiger partial charge on any atom is -0.619 e. The Morgan fingerprint density at radius 1 is 1.26 bits per heavy atom. The Bertz CT molecular complexity index is 1180. The molecular formula is C19H13BrN6O. The maximum atomic E-state index is 11.4. The normalized spacial score (nSPS) is 10.7. The largest absolute Gasteiger partial charge is 0.619 e. The number of pyridine rings is 1. The van der Waals surface area contributed by atoms with E-state index in [9.17, 15) is 5.21 Å². The van der Waals surface area contributed by atoms with Gasteiger partial charge in [-0.25, -0.2) is 9.83 Å². The van der Waals surface area contributed by atoms with Crippen LogP contribution in [-0.2, 0) is 6.54 Å². The molecule has 4 rings (SSSR count). The molecule has 132 valence electrons. The van der Waals surface area contributed by atoms with Crippen LogP contribution in [0.1, 0.15) is 5.56 Å². The molecule has 0 spiro atoms. The molecule has 0 atom stereocenters. The molecule has 0 aliphatic rings. The third-order valence-corrected chi connectivity index (χ3v) is 4.57. The fraction of sp³-hybridized carbons (Fsp3) is 0.0526. The van der Waals surface area contributed by atoms with Crippen molar-refractivity contribution in [2.45, 2.75) is 6.54 Å². The van der Waals surface area contributed by atoms with Crippen molar-refractivity contribution in [2.24, 2.45) is 0 Å². The summed E-state index contributed by atoms with van der Waals surface area (Å²) in [4.78, 5) is 8.15. The molecule has 0 aliphatic heterocycles. The summed E-state index contributed by atoms with van der Waals surface area (Å²) in [6.07, 6.45) is 4.65. The lowest BCUT2D eigenvalue weighted by Crippen LogP contribution is -2.25. The van der Waals surface area contributed by atoms with Gasteiger partial charge in [0.05, 0.1) is 22.9 Å². The Kier molecular flexibility index (Phi) is 4.44. The van der Waals surface area contributed by atoms with Gasteiger partial charge in [0, 0.05) is 24.2 Å². The summed E-state index contributed by atoms with van der Waals surface area (Å²) in [6, 6.07) is 12.8. The molecule has 0 aliphatic carbocycles. The number of hydrogen-bond acceptors (Lipinski definition) is 4. The third kappa shape index (κ3) is 3.45. The van der Waals surface area contributed by atoms with Crippen LogP contribution in [0.15, 0.2) is 65.5 Å². The smallest absolute Gasteiger partial charge is 0.187 e. The quantitative estimate of drug-likeness (QED) is 0.308. The lowest BCUT2D eigenvalue weighted by Gasteiger charge is -2.11. The van der Waals surface area contributed by atoms with Crippen molar-refractivity contribution in [3.05, 3.63) is 87.7 Å². The van der Waals surface area contributed by atoms with Crippen LogP contribution in [0, 0.1) is 11.8 Å². The molecule has 3 aromatic heterocycles. The average molecular weight is 421 g/mol. The van der Waals surface area contributed by atoms with Gasteiger partial charge in [-0.2, -0.15) is 14.3 Å². The molecule has 0 saturated heterocycles. The third-order valence-electron chi connectivity index (χ3n) is 4.01. The fourth-order valence-corrected chi connectivity index (χ4v) is 3.09. The zero-order chi connectivity index (χ0) is 18.8. The van der Waals surface area contributed by atoms with Crippen molar-refractivity contribution in [3.63, 3.8) is 0 Å². The molecule has 27 heavy (non-hydrogen) atoms. The van der Waals surface area contributed by atoms with Gasteiger partial charge in [-0.1, -0.05) is 18.2 Å². The van der Waals surface area contributed by atoms with Gasteiger partial charge in [0.25, 0.3) is 0 Å². The summed E-state index contributed by atoms with van der Waals surface area (Å²) in [7, 11) is 0. The summed E-state index contributed by atoms with van der Waals surface area (Å²) in [5.74, 6) is 0.732. The number of rotatable bonds is 4. The lowest BCUT2D eigenvalue weighted by atomic mass is 10.1. The minimum absolute atomic E-state index is 0.460. The van der Waals surface area contributed by atoms with Gasteiger partial charge >= 0.3 is 0 Å². The van der Waals surface area contributed by atoms with Crippen molar-refractivity contribution < 1.29 is 4.73 Å². The van der Waals surface area contributed by atoms with E-state index in [0.29, 0.717) is 17.9 Å². The number of benzene rings is 1. The summed E-state index contributed by atoms with van der Waals surface area (Å²) < 4.78 is 3.23. The molecule has 1 N–H and O–H groups in total. The van der Waals surface area contributed by atoms with Crippen LogP contribution in [-0.4, -0.2) is 14.6 Å². The number of aromatic nitrogens is 4. The van der Waals surface area contributed by atoms with E-state index in [2.05, 4.69) is 36.2 Å². The second kappa shape index (κ2) is 7.05. The van der Waals surface area contributed by atoms with Gasteiger partial charge in [0.2, 0.25) is 0 Å². The van der Waals surface area contributed by atoms with E-state index in [0.717, 1.165) is 31.8 Å². The van der Waals surface area contributed by atoms with E-state index in [1.54, 1.807) is 28.9 Å². The highest BCUT2D eigenvalue weighted by Crippen LogP contribution is 2.28. The Labute approximate surface area is 163 Å². The topological polar surface area (TPSA) is 73.5 Å². The molecule has 4 aromatic rings. The molecule has 3 heterocycles. The van der Waals surface area contributed by atoms with Gasteiger partial charge in [0.15, 0.2) is 23.7 Å². The average Bonchev–Trinajstić information content (AvgIpc) is 3.07. The van der Waals surface area contributed by atoms with Gasteiger partial charge in [-0.3, -0.25) is 0 Å². The molecular weight excluding hydrogens is 408 g/mol. The van der Waals surface area contributed by atoms with Crippen LogP contribution in [0.2, 0.25) is 0 Å². The van der Waals surface area contributed by atoms with Crippen molar-refractivity contribution in [2.75, 3.05) is 5.32 Å². The summed E-state index contributed by atoms with van der Waals surface area (Å²) in [5, 5.41) is 19.1. The summed E-state index contributed by atoms with van der Waals surface area (Å²) in [5.41, 5.74) is 3.64. The predicted molar refractivity (Wildman–Crippen MR) is 105 cm³/mol. The van der Waals surface area contributed by atoms with E-state index >= 15 is 0 Å². The van der Waals surface area contributed by atoms with Crippen LogP contribution in [0.25, 0.3) is 21.7 Å². The number of anilines is 1. The van der Waals surface area contributed by atoms with Gasteiger partial charge in [0.1, 0.15) is 5.82 Å². The predicted octanol–water partition coefficient (Wildman–Crippen LogP) is 3.96. The van der Waals surface area contributed by atoms with Crippen molar-refractivity contribution in [3.8, 4) is 11.3 Å². The van der Waals surface area contributed by atoms with E-state index in [1.165, 1.54) is 12.4 Å². The first-order chi connectivity index (χ1) is 13.1. The summed E-state index contributed by atoms with van der Waals surface area (Å²) >= 11 is 3.47. The second-order valence-electron chi connectivity index (χ2n) is 5.84. The van der Waals surface area contributed by atoms with Crippen LogP contribution in [0.3, 0.4) is 0 Å². The van der Waals surface area contributed by atoms with Crippen molar-refractivity contribution in [1.29, 1.82) is 0 Å². The standard InChI is InChI=1S/C19H13BrN6O/c1-21-15-6-2-5-14(8-15)17-9-18(26-19(24-17)16(20)11-23-26)22-10-13-4-3-7-25(27)12-13/h2-9,11-12,22H,10H2. The van der Waals surface area contributed by atoms with E-state index < -0.39 is 0 Å². The molecule has 7 nitrogen and oxygen atoms in total. The monoisotopic (exact) mass is 420 g/mol. The van der Waals surface area contributed by atoms with Crippen LogP contribution >= 0.6 is 15.9 Å². The number of fused-ring (bicyclic) bond motifs is 1. The Hall–Kier alpha value is -3.44. The maximum Gasteiger partial charge on any atom is 0.187 e. The minimum atomic E-state index is 0.460. The van der Waals surface area contributed by atoms with Gasteiger partial charge in [-0.15, -0.1) is 0 Å². The van der Waals surface area contributed by atoms with Crippen molar-refractivity contribution in [1.82, 2.24) is 14.6 Å². The summed E-state index contributed by atoms with van der Waals surface area (Å²) in [6.45, 7) is 7.67. The van der Waals surface area contributed by atoms with Crippen molar-refractivity contribution >= 4 is 33.1 Å². The second-order valence-corrected chi connectivity index (χ2v) is 6.70. The lowest BCUT2D eigenvalue weighted by molar-refractivity contribution is -0.605. The molecule has 0 saturated carbocycles. The Morgan fingerprint density at radius 2 is 2.15 bits per heavy atom. The van der Waals surface area contributed by atoms with E-state index in [1.807, 2.05) is 24.3 Å². The van der Waals surface area contributed by atoms with Crippen LogP contribution in [0.4, 0.5) is 11.5 Å². The number of nitrogens with zero attached hydrogens (tertiary/aromatic N) is 5. The Morgan fingerprint density at radius 3 is 2.96 bits per heavy atom. The molecule has 0 amide bonds. The molecule has 0 bridgehead atoms. The van der Waals surface area contributed by atoms with Gasteiger partial charge < -0.3 is 10.5 Å². The Balaban J connectivity index is 1.76. The highest BCUT2D eigenvalue weighted by atomic mass is 79.9. The highest BCUT2D eigenvalue weighted by molar-refractivity contribution is 9.10. The molecule has 0 fully saturated rings. The number of nitrogens with one attached hydrogen (secondary N) is 1. The first-order valence-electron chi connectivity index (χ1n) is 8.08. The SMILES string of the molecule is [C-]#[N+]c1cccc(-c2cc(NCc3ccc[n+]([O-])c3)n3ncc(Br)c3n2)c1. The number of hydrogen-bond donors (Lipinski definition) is 1. The molecule has 1 aromatic carbocycles. The fourth-order valence-electron chi connectivity index (χ4n) is 2.74. The highest BCUT2D eigenvalue weighted by Gasteiger charge is 2.12. The molecule has 0 radical (unpaired) electrons. The zero-order valence-electron chi connectivity index (χ0n) is 14.0. The first kappa shape index (κ1) is 17.0. The molecule has 8 heteroatoms. The van der Waals surface area contributed by atoms with Gasteiger partial charge in [-0.05, 0) is 33.6 Å². The zero-order valence-corrected chi connectivity index (χ0v) is 15.6.